The number of benzene rings is 2. The van der Waals surface area contributed by atoms with Crippen molar-refractivity contribution in [3.8, 4) is 11.8 Å². The van der Waals surface area contributed by atoms with Gasteiger partial charge in [-0.25, -0.2) is 4.98 Å². The molecule has 2 aromatic carbocycles. The molecule has 0 saturated carbocycles. The lowest BCUT2D eigenvalue weighted by atomic mass is 10.1. The van der Waals surface area contributed by atoms with Crippen LogP contribution in [0.1, 0.15) is 10.6 Å². The van der Waals surface area contributed by atoms with E-state index in [1.54, 1.807) is 13.2 Å². The van der Waals surface area contributed by atoms with Gasteiger partial charge in [0.25, 0.3) is 0 Å². The number of ether oxygens (including phenoxy) is 1. The molecule has 3 rings (SSSR count). The molecule has 0 aliphatic heterocycles. The van der Waals surface area contributed by atoms with Gasteiger partial charge < -0.3 is 4.74 Å². The van der Waals surface area contributed by atoms with Crippen LogP contribution in [0.5, 0.6) is 5.75 Å². The smallest absolute Gasteiger partial charge is 0.135 e. The van der Waals surface area contributed by atoms with Gasteiger partial charge in [-0.2, -0.15) is 5.26 Å². The average Bonchev–Trinajstić information content (AvgIpc) is 3.03. The maximum Gasteiger partial charge on any atom is 0.135 e. The molecule has 0 fully saturated rings. The standard InChI is InChI=1S/C19H14N2OS/c1-22-17-11-4-2-7-14(17)8-6-9-15(13-20)19-21-16-10-3-5-12-18(16)23-19/h2-12H,1H3. The third-order valence-electron chi connectivity index (χ3n) is 3.32. The van der Waals surface area contributed by atoms with Crippen LogP contribution in [0.15, 0.2) is 60.7 Å². The molecule has 0 atom stereocenters. The molecule has 1 heterocycles. The van der Waals surface area contributed by atoms with Crippen molar-refractivity contribution in [2.75, 3.05) is 7.11 Å². The Morgan fingerprint density at radius 1 is 1.17 bits per heavy atom. The number of nitrogens with zero attached hydrogens (tertiary/aromatic N) is 2. The fraction of sp³-hybridized carbons (Fsp3) is 0.0526. The molecule has 0 radical (unpaired) electrons. The highest BCUT2D eigenvalue weighted by Crippen LogP contribution is 2.27. The highest BCUT2D eigenvalue weighted by Gasteiger charge is 2.07. The number of fused-ring (bicyclic) bond motifs is 1. The van der Waals surface area contributed by atoms with Crippen LogP contribution in [0.25, 0.3) is 21.9 Å². The Bertz CT molecular complexity index is 899. The second-order valence-electron chi connectivity index (χ2n) is 4.78. The molecular formula is C19H14N2OS. The van der Waals surface area contributed by atoms with E-state index in [2.05, 4.69) is 11.1 Å². The molecule has 112 valence electrons. The largest absolute Gasteiger partial charge is 0.496 e. The first kappa shape index (κ1) is 15.0. The Kier molecular flexibility index (Phi) is 4.51. The second-order valence-corrected chi connectivity index (χ2v) is 5.81. The van der Waals surface area contributed by atoms with Gasteiger partial charge in [0.05, 0.1) is 22.9 Å². The predicted molar refractivity (Wildman–Crippen MR) is 95.2 cm³/mol. The number of aromatic nitrogens is 1. The van der Waals surface area contributed by atoms with Crippen molar-refractivity contribution in [1.29, 1.82) is 5.26 Å². The van der Waals surface area contributed by atoms with E-state index in [1.807, 2.05) is 60.7 Å². The Morgan fingerprint density at radius 3 is 2.74 bits per heavy atom. The van der Waals surface area contributed by atoms with Crippen molar-refractivity contribution in [1.82, 2.24) is 4.98 Å². The summed E-state index contributed by atoms with van der Waals surface area (Å²) in [6.45, 7) is 0. The molecule has 0 N–H and O–H groups in total. The lowest BCUT2D eigenvalue weighted by Gasteiger charge is -2.02. The maximum absolute atomic E-state index is 9.39. The van der Waals surface area contributed by atoms with Gasteiger partial charge in [0.15, 0.2) is 0 Å². The van der Waals surface area contributed by atoms with E-state index in [0.29, 0.717) is 5.57 Å². The fourth-order valence-corrected chi connectivity index (χ4v) is 3.14. The molecule has 0 aliphatic rings. The lowest BCUT2D eigenvalue weighted by Crippen LogP contribution is -1.85. The predicted octanol–water partition coefficient (Wildman–Crippen LogP) is 4.93. The Labute approximate surface area is 138 Å². The number of nitriles is 1. The number of allylic oxidation sites excluding steroid dienone is 3. The van der Waals surface area contributed by atoms with Gasteiger partial charge >= 0.3 is 0 Å². The van der Waals surface area contributed by atoms with E-state index in [9.17, 15) is 5.26 Å². The summed E-state index contributed by atoms with van der Waals surface area (Å²) in [5.41, 5.74) is 2.44. The molecule has 0 aliphatic carbocycles. The van der Waals surface area contributed by atoms with Gasteiger partial charge in [-0.15, -0.1) is 11.3 Å². The minimum absolute atomic E-state index is 0.553. The van der Waals surface area contributed by atoms with Gasteiger partial charge in [-0.1, -0.05) is 42.5 Å². The Balaban J connectivity index is 1.90. The molecule has 23 heavy (non-hydrogen) atoms. The SMILES string of the molecule is COc1ccccc1C=CC=C(C#N)c1nc2ccccc2s1. The van der Waals surface area contributed by atoms with Crippen LogP contribution in [0.4, 0.5) is 0 Å². The molecule has 0 spiro atoms. The van der Waals surface area contributed by atoms with Crippen LogP contribution >= 0.6 is 11.3 Å². The zero-order valence-electron chi connectivity index (χ0n) is 12.6. The number of para-hydroxylation sites is 2. The molecular weight excluding hydrogens is 304 g/mol. The number of rotatable bonds is 4. The fourth-order valence-electron chi connectivity index (χ4n) is 2.20. The zero-order valence-corrected chi connectivity index (χ0v) is 13.4. The van der Waals surface area contributed by atoms with Crippen molar-refractivity contribution in [2.24, 2.45) is 0 Å². The van der Waals surface area contributed by atoms with Gasteiger partial charge in [0.2, 0.25) is 0 Å². The van der Waals surface area contributed by atoms with Crippen LogP contribution in [-0.2, 0) is 0 Å². The summed E-state index contributed by atoms with van der Waals surface area (Å²) in [6, 6.07) is 17.8. The molecule has 0 amide bonds. The Morgan fingerprint density at radius 2 is 1.96 bits per heavy atom. The lowest BCUT2D eigenvalue weighted by molar-refractivity contribution is 0.414. The van der Waals surface area contributed by atoms with Crippen LogP contribution in [0.2, 0.25) is 0 Å². The quantitative estimate of drug-likeness (QED) is 0.506. The summed E-state index contributed by atoms with van der Waals surface area (Å²) in [5, 5.41) is 10.1. The van der Waals surface area contributed by atoms with E-state index in [-0.39, 0.29) is 0 Å². The van der Waals surface area contributed by atoms with Crippen molar-refractivity contribution in [2.45, 2.75) is 0 Å². The van der Waals surface area contributed by atoms with Gasteiger partial charge in [0, 0.05) is 5.56 Å². The van der Waals surface area contributed by atoms with E-state index in [1.165, 1.54) is 11.3 Å². The number of methoxy groups -OCH3 is 1. The molecule has 0 unspecified atom stereocenters. The topological polar surface area (TPSA) is 45.9 Å². The zero-order chi connectivity index (χ0) is 16.1. The van der Waals surface area contributed by atoms with E-state index >= 15 is 0 Å². The molecule has 4 heteroatoms. The summed E-state index contributed by atoms with van der Waals surface area (Å²) < 4.78 is 6.39. The summed E-state index contributed by atoms with van der Waals surface area (Å²) in [5.74, 6) is 0.802. The third kappa shape index (κ3) is 3.31. The summed E-state index contributed by atoms with van der Waals surface area (Å²) >= 11 is 1.52. The van der Waals surface area contributed by atoms with Gasteiger partial charge in [-0.3, -0.25) is 0 Å². The second kappa shape index (κ2) is 6.91. The molecule has 0 bridgehead atoms. The average molecular weight is 318 g/mol. The van der Waals surface area contributed by atoms with Crippen LogP contribution < -0.4 is 4.74 Å². The van der Waals surface area contributed by atoms with Crippen LogP contribution in [0.3, 0.4) is 0 Å². The van der Waals surface area contributed by atoms with E-state index in [0.717, 1.165) is 26.5 Å². The number of thiazole rings is 1. The van der Waals surface area contributed by atoms with Crippen LogP contribution in [-0.4, -0.2) is 12.1 Å². The number of hydrogen-bond donors (Lipinski definition) is 0. The van der Waals surface area contributed by atoms with Crippen molar-refractivity contribution in [3.05, 3.63) is 71.3 Å². The monoisotopic (exact) mass is 318 g/mol. The highest BCUT2D eigenvalue weighted by molar-refractivity contribution is 7.19. The molecule has 3 nitrogen and oxygen atoms in total. The first-order valence-electron chi connectivity index (χ1n) is 7.09. The third-order valence-corrected chi connectivity index (χ3v) is 4.39. The van der Waals surface area contributed by atoms with E-state index in [4.69, 9.17) is 4.74 Å². The van der Waals surface area contributed by atoms with Gasteiger partial charge in [0.1, 0.15) is 16.8 Å². The normalized spacial score (nSPS) is 11.7. The first-order valence-corrected chi connectivity index (χ1v) is 7.91. The minimum Gasteiger partial charge on any atom is -0.496 e. The minimum atomic E-state index is 0.553. The molecule has 3 aromatic rings. The van der Waals surface area contributed by atoms with Crippen LogP contribution in [0, 0.1) is 11.3 Å². The number of hydrogen-bond acceptors (Lipinski definition) is 4. The maximum atomic E-state index is 9.39. The van der Waals surface area contributed by atoms with Crippen molar-refractivity contribution >= 4 is 33.2 Å². The van der Waals surface area contributed by atoms with E-state index < -0.39 is 0 Å². The molecule has 0 saturated heterocycles. The van der Waals surface area contributed by atoms with Gasteiger partial charge in [-0.05, 0) is 24.3 Å². The summed E-state index contributed by atoms with van der Waals surface area (Å²) in [6.07, 6.45) is 5.55. The highest BCUT2D eigenvalue weighted by atomic mass is 32.1. The molecule has 1 aromatic heterocycles. The Hall–Kier alpha value is -2.90. The summed E-state index contributed by atoms with van der Waals surface area (Å²) in [7, 11) is 1.64. The van der Waals surface area contributed by atoms with Crippen molar-refractivity contribution in [3.63, 3.8) is 0 Å². The first-order chi connectivity index (χ1) is 11.3. The van der Waals surface area contributed by atoms with Crippen molar-refractivity contribution < 1.29 is 4.74 Å². The summed E-state index contributed by atoms with van der Waals surface area (Å²) in [4.78, 5) is 4.51.